The van der Waals surface area contributed by atoms with Crippen molar-refractivity contribution in [3.8, 4) is 11.3 Å². The maximum atomic E-state index is 12.7. The first-order valence-electron chi connectivity index (χ1n) is 5.42. The first kappa shape index (κ1) is 15.9. The zero-order valence-electron chi connectivity index (χ0n) is 10.0. The van der Waals surface area contributed by atoms with Crippen molar-refractivity contribution < 1.29 is 30.9 Å². The summed E-state index contributed by atoms with van der Waals surface area (Å²) in [6.45, 7) is 0. The molecule has 0 spiro atoms. The van der Waals surface area contributed by atoms with Gasteiger partial charge in [-0.15, -0.1) is 0 Å². The van der Waals surface area contributed by atoms with Crippen molar-refractivity contribution in [1.82, 2.24) is 5.16 Å². The summed E-state index contributed by atoms with van der Waals surface area (Å²) in [4.78, 5) is 0. The molecule has 2 nitrogen and oxygen atoms in total. The van der Waals surface area contributed by atoms with Crippen molar-refractivity contribution in [3.05, 3.63) is 41.1 Å². The number of benzene rings is 1. The molecule has 2 aromatic rings. The molecule has 1 heterocycles. The van der Waals surface area contributed by atoms with Crippen LogP contribution in [-0.4, -0.2) is 5.16 Å². The van der Waals surface area contributed by atoms with Crippen molar-refractivity contribution in [2.45, 2.75) is 17.7 Å². The maximum Gasteiger partial charge on any atom is 0.416 e. The Bertz CT molecular complexity index is 614. The summed E-state index contributed by atoms with van der Waals surface area (Å²) in [6.07, 6.45) is -9.79. The molecule has 0 fully saturated rings. The molecule has 2 rings (SSSR count). The van der Waals surface area contributed by atoms with Crippen molar-refractivity contribution in [1.29, 1.82) is 0 Å². The van der Waals surface area contributed by atoms with Crippen LogP contribution >= 0.6 is 15.9 Å². The molecule has 1 aromatic heterocycles. The fourth-order valence-electron chi connectivity index (χ4n) is 1.61. The number of halogens is 7. The molecule has 114 valence electrons. The van der Waals surface area contributed by atoms with E-state index in [-0.39, 0.29) is 22.7 Å². The van der Waals surface area contributed by atoms with Crippen LogP contribution < -0.4 is 0 Å². The zero-order valence-corrected chi connectivity index (χ0v) is 11.6. The van der Waals surface area contributed by atoms with Gasteiger partial charge < -0.3 is 4.52 Å². The summed E-state index contributed by atoms with van der Waals surface area (Å²) >= 11 is 3.05. The monoisotopic (exact) mass is 373 g/mol. The van der Waals surface area contributed by atoms with Crippen LogP contribution in [0.4, 0.5) is 26.3 Å². The second-order valence-electron chi connectivity index (χ2n) is 4.11. The van der Waals surface area contributed by atoms with E-state index in [4.69, 9.17) is 4.52 Å². The van der Waals surface area contributed by atoms with E-state index in [1.807, 2.05) is 0 Å². The van der Waals surface area contributed by atoms with E-state index in [1.54, 1.807) is 0 Å². The number of hydrogen-bond acceptors (Lipinski definition) is 2. The van der Waals surface area contributed by atoms with Gasteiger partial charge in [0.2, 0.25) is 0 Å². The molecule has 0 radical (unpaired) electrons. The van der Waals surface area contributed by atoms with Crippen molar-refractivity contribution >= 4 is 15.9 Å². The highest BCUT2D eigenvalue weighted by Gasteiger charge is 2.37. The summed E-state index contributed by atoms with van der Waals surface area (Å²) in [5, 5.41) is 3.78. The van der Waals surface area contributed by atoms with Crippen molar-refractivity contribution in [2.75, 3.05) is 0 Å². The van der Waals surface area contributed by atoms with Gasteiger partial charge in [0, 0.05) is 17.0 Å². The first-order valence-corrected chi connectivity index (χ1v) is 6.55. The van der Waals surface area contributed by atoms with Crippen molar-refractivity contribution in [3.63, 3.8) is 0 Å². The smallest absolute Gasteiger partial charge is 0.356 e. The highest BCUT2D eigenvalue weighted by molar-refractivity contribution is 9.08. The highest BCUT2D eigenvalue weighted by atomic mass is 79.9. The van der Waals surface area contributed by atoms with Gasteiger partial charge in [0.25, 0.3) is 0 Å². The molecule has 0 aliphatic carbocycles. The lowest BCUT2D eigenvalue weighted by Crippen LogP contribution is -2.11. The van der Waals surface area contributed by atoms with Crippen LogP contribution in [0.1, 0.15) is 16.8 Å². The predicted molar refractivity (Wildman–Crippen MR) is 64.6 cm³/mol. The average Bonchev–Trinajstić information content (AvgIpc) is 2.85. The third kappa shape index (κ3) is 3.58. The lowest BCUT2D eigenvalue weighted by molar-refractivity contribution is -0.143. The van der Waals surface area contributed by atoms with Crippen LogP contribution in [0.3, 0.4) is 0 Å². The molecule has 0 N–H and O–H groups in total. The molecular formula is C12H6BrF6NO. The predicted octanol–water partition coefficient (Wildman–Crippen LogP) is 5.27. The van der Waals surface area contributed by atoms with Crippen LogP contribution in [0.15, 0.2) is 28.8 Å². The quantitative estimate of drug-likeness (QED) is 0.529. The molecule has 0 unspecified atom stereocenters. The van der Waals surface area contributed by atoms with Crippen LogP contribution in [-0.2, 0) is 17.7 Å². The van der Waals surface area contributed by atoms with Gasteiger partial charge in [-0.05, 0) is 18.2 Å². The van der Waals surface area contributed by atoms with Gasteiger partial charge >= 0.3 is 12.4 Å². The van der Waals surface area contributed by atoms with Crippen LogP contribution in [0, 0.1) is 0 Å². The highest BCUT2D eigenvalue weighted by Crippen LogP contribution is 2.38. The fraction of sp³-hybridized carbons (Fsp3) is 0.250. The molecule has 0 saturated heterocycles. The first-order chi connectivity index (χ1) is 9.61. The van der Waals surface area contributed by atoms with Crippen LogP contribution in [0.2, 0.25) is 0 Å². The van der Waals surface area contributed by atoms with Gasteiger partial charge in [-0.25, -0.2) is 0 Å². The molecule has 21 heavy (non-hydrogen) atoms. The maximum absolute atomic E-state index is 12.7. The molecular weight excluding hydrogens is 368 g/mol. The third-order valence-corrected chi connectivity index (χ3v) is 3.14. The fourth-order valence-corrected chi connectivity index (χ4v) is 1.87. The van der Waals surface area contributed by atoms with E-state index in [2.05, 4.69) is 21.1 Å². The van der Waals surface area contributed by atoms with Crippen molar-refractivity contribution in [2.24, 2.45) is 0 Å². The summed E-state index contributed by atoms with van der Waals surface area (Å²) in [6, 6.07) is 2.51. The standard InChI is InChI=1S/C12H6BrF6NO/c13-5-9-4-10(21-20-9)6-1-7(11(14,15)16)3-8(2-6)12(17,18)19/h1-4H,5H2. The molecule has 0 atom stereocenters. The SMILES string of the molecule is FC(F)(F)c1cc(-c2cc(CBr)no2)cc(C(F)(F)F)c1. The topological polar surface area (TPSA) is 26.0 Å². The summed E-state index contributed by atoms with van der Waals surface area (Å²) in [5.41, 5.74) is -2.78. The molecule has 0 aliphatic rings. The number of alkyl halides is 7. The Hall–Kier alpha value is -1.51. The molecule has 1 aromatic carbocycles. The van der Waals surface area contributed by atoms with Gasteiger partial charge in [0.05, 0.1) is 16.8 Å². The molecule has 0 aliphatic heterocycles. The van der Waals surface area contributed by atoms with E-state index in [1.165, 1.54) is 6.07 Å². The second-order valence-corrected chi connectivity index (χ2v) is 4.67. The summed E-state index contributed by atoms with van der Waals surface area (Å²) in [5.74, 6) is -0.166. The summed E-state index contributed by atoms with van der Waals surface area (Å²) in [7, 11) is 0. The van der Waals surface area contributed by atoms with Gasteiger partial charge in [-0.2, -0.15) is 26.3 Å². The lowest BCUT2D eigenvalue weighted by Gasteiger charge is -2.13. The molecule has 0 amide bonds. The van der Waals surface area contributed by atoms with Gasteiger partial charge in [0.1, 0.15) is 0 Å². The molecule has 0 saturated carbocycles. The lowest BCUT2D eigenvalue weighted by atomic mass is 10.0. The Labute approximate surface area is 122 Å². The minimum atomic E-state index is -4.89. The zero-order chi connectivity index (χ0) is 15.8. The average molecular weight is 374 g/mol. The van der Waals surface area contributed by atoms with Crippen LogP contribution in [0.25, 0.3) is 11.3 Å². The Kier molecular flexibility index (Phi) is 4.05. The molecule has 0 bridgehead atoms. The number of aromatic nitrogens is 1. The normalized spacial score (nSPS) is 12.7. The van der Waals surface area contributed by atoms with Gasteiger partial charge in [-0.3, -0.25) is 0 Å². The largest absolute Gasteiger partial charge is 0.416 e. The Morgan fingerprint density at radius 2 is 1.43 bits per heavy atom. The number of hydrogen-bond donors (Lipinski definition) is 0. The van der Waals surface area contributed by atoms with E-state index in [0.717, 1.165) is 0 Å². The van der Waals surface area contributed by atoms with Gasteiger partial charge in [-0.1, -0.05) is 21.1 Å². The Balaban J connectivity index is 2.60. The van der Waals surface area contributed by atoms with E-state index < -0.39 is 23.5 Å². The number of nitrogens with zero attached hydrogens (tertiary/aromatic N) is 1. The second kappa shape index (κ2) is 5.36. The summed E-state index contributed by atoms with van der Waals surface area (Å²) < 4.78 is 81.0. The minimum Gasteiger partial charge on any atom is -0.356 e. The van der Waals surface area contributed by atoms with Crippen LogP contribution in [0.5, 0.6) is 0 Å². The molecule has 9 heteroatoms. The number of rotatable bonds is 2. The third-order valence-electron chi connectivity index (χ3n) is 2.57. The van der Waals surface area contributed by atoms with E-state index in [0.29, 0.717) is 17.8 Å². The Morgan fingerprint density at radius 3 is 1.81 bits per heavy atom. The minimum absolute atomic E-state index is 0.0608. The van der Waals surface area contributed by atoms with E-state index >= 15 is 0 Å². The van der Waals surface area contributed by atoms with E-state index in [9.17, 15) is 26.3 Å². The van der Waals surface area contributed by atoms with Gasteiger partial charge in [0.15, 0.2) is 5.76 Å². The Morgan fingerprint density at radius 1 is 0.905 bits per heavy atom.